The molecule has 0 saturated carbocycles. The van der Waals surface area contributed by atoms with Crippen molar-refractivity contribution in [1.29, 1.82) is 0 Å². The molecule has 1 rings (SSSR count). The summed E-state index contributed by atoms with van der Waals surface area (Å²) in [5.41, 5.74) is 0. The van der Waals surface area contributed by atoms with Crippen LogP contribution in [0.1, 0.15) is 40.4 Å². The van der Waals surface area contributed by atoms with E-state index in [1.807, 2.05) is 50.0 Å². The number of carbonyl (C=O) groups is 1. The SMILES string of the molecule is CCNC(=NCc1nccn1CC(C)C)N(C)CC(=O)N(CC)CC.I. The van der Waals surface area contributed by atoms with Crippen LogP contribution in [-0.2, 0) is 17.9 Å². The van der Waals surface area contributed by atoms with Crippen molar-refractivity contribution >= 4 is 35.8 Å². The van der Waals surface area contributed by atoms with Crippen molar-refractivity contribution < 1.29 is 4.79 Å². The first-order valence-electron chi connectivity index (χ1n) is 9.20. The Morgan fingerprint density at radius 3 is 2.50 bits per heavy atom. The average Bonchev–Trinajstić information content (AvgIpc) is 2.98. The zero-order valence-electron chi connectivity index (χ0n) is 17.0. The van der Waals surface area contributed by atoms with Crippen LogP contribution in [0.5, 0.6) is 0 Å². The highest BCUT2D eigenvalue weighted by molar-refractivity contribution is 14.0. The normalized spacial score (nSPS) is 11.3. The number of aliphatic imine (C=N–C) groups is 1. The van der Waals surface area contributed by atoms with Gasteiger partial charge in [-0.3, -0.25) is 4.79 Å². The molecule has 1 aromatic rings. The van der Waals surface area contributed by atoms with Gasteiger partial charge in [0.15, 0.2) is 5.96 Å². The predicted octanol–water partition coefficient (Wildman–Crippen LogP) is 2.42. The van der Waals surface area contributed by atoms with Crippen LogP contribution < -0.4 is 5.32 Å². The van der Waals surface area contributed by atoms with Gasteiger partial charge in [0.05, 0.1) is 6.54 Å². The highest BCUT2D eigenvalue weighted by atomic mass is 127. The Labute approximate surface area is 175 Å². The monoisotopic (exact) mass is 478 g/mol. The van der Waals surface area contributed by atoms with Crippen LogP contribution >= 0.6 is 24.0 Å². The van der Waals surface area contributed by atoms with E-state index in [4.69, 9.17) is 0 Å². The first-order valence-corrected chi connectivity index (χ1v) is 9.20. The topological polar surface area (TPSA) is 65.8 Å². The molecular weight excluding hydrogens is 443 g/mol. The summed E-state index contributed by atoms with van der Waals surface area (Å²) in [7, 11) is 1.89. The first kappa shape index (κ1) is 24.7. The number of halogens is 1. The molecule has 26 heavy (non-hydrogen) atoms. The molecule has 1 aromatic heterocycles. The molecule has 0 radical (unpaired) electrons. The van der Waals surface area contributed by atoms with Gasteiger partial charge in [-0.25, -0.2) is 9.98 Å². The summed E-state index contributed by atoms with van der Waals surface area (Å²) in [6.45, 7) is 14.3. The third-order valence-electron chi connectivity index (χ3n) is 3.92. The smallest absolute Gasteiger partial charge is 0.242 e. The highest BCUT2D eigenvalue weighted by Crippen LogP contribution is 2.05. The van der Waals surface area contributed by atoms with E-state index in [-0.39, 0.29) is 29.9 Å². The number of guanidine groups is 1. The summed E-state index contributed by atoms with van der Waals surface area (Å²) in [5, 5.41) is 3.25. The molecule has 8 heteroatoms. The van der Waals surface area contributed by atoms with Crippen LogP contribution in [0, 0.1) is 5.92 Å². The van der Waals surface area contributed by atoms with Crippen LogP contribution in [-0.4, -0.2) is 64.4 Å². The molecule has 1 heterocycles. The number of imidazole rings is 1. The molecule has 1 N–H and O–H groups in total. The number of rotatable bonds is 9. The lowest BCUT2D eigenvalue weighted by molar-refractivity contribution is -0.131. The van der Waals surface area contributed by atoms with E-state index < -0.39 is 0 Å². The minimum atomic E-state index is 0. The maximum absolute atomic E-state index is 12.3. The molecule has 0 atom stereocenters. The molecule has 7 nitrogen and oxygen atoms in total. The molecule has 1 amide bonds. The van der Waals surface area contributed by atoms with Crippen LogP contribution in [0.25, 0.3) is 0 Å². The Morgan fingerprint density at radius 2 is 1.96 bits per heavy atom. The second kappa shape index (κ2) is 12.9. The van der Waals surface area contributed by atoms with E-state index in [0.717, 1.165) is 38.0 Å². The lowest BCUT2D eigenvalue weighted by atomic mass is 10.2. The third-order valence-corrected chi connectivity index (χ3v) is 3.92. The van der Waals surface area contributed by atoms with E-state index in [0.29, 0.717) is 19.0 Å². The molecule has 0 fully saturated rings. The first-order chi connectivity index (χ1) is 11.9. The summed E-state index contributed by atoms with van der Waals surface area (Å²) < 4.78 is 2.14. The second-order valence-electron chi connectivity index (χ2n) is 6.48. The zero-order chi connectivity index (χ0) is 18.8. The van der Waals surface area contributed by atoms with E-state index in [1.165, 1.54) is 0 Å². The number of amides is 1. The number of aromatic nitrogens is 2. The molecule has 0 aromatic carbocycles. The van der Waals surface area contributed by atoms with Crippen molar-refractivity contribution in [3.63, 3.8) is 0 Å². The minimum Gasteiger partial charge on any atom is -0.357 e. The molecule has 150 valence electrons. The second-order valence-corrected chi connectivity index (χ2v) is 6.48. The maximum Gasteiger partial charge on any atom is 0.242 e. The number of nitrogens with zero attached hydrogens (tertiary/aromatic N) is 5. The standard InChI is InChI=1S/C18H34N6O.HI/c1-7-19-18(22(6)14-17(25)23(8-2)9-3)21-12-16-20-10-11-24(16)13-15(4)5;/h10-11,15H,7-9,12-14H2,1-6H3,(H,19,21);1H. The summed E-state index contributed by atoms with van der Waals surface area (Å²) in [6.07, 6.45) is 3.80. The minimum absolute atomic E-state index is 0. The van der Waals surface area contributed by atoms with Crippen molar-refractivity contribution in [1.82, 2.24) is 24.7 Å². The molecule has 0 aliphatic heterocycles. The van der Waals surface area contributed by atoms with Gasteiger partial charge in [-0.1, -0.05) is 13.8 Å². The van der Waals surface area contributed by atoms with Gasteiger partial charge < -0.3 is 19.7 Å². The molecule has 0 bridgehead atoms. The van der Waals surface area contributed by atoms with E-state index >= 15 is 0 Å². The fourth-order valence-electron chi connectivity index (χ4n) is 2.62. The fraction of sp³-hybridized carbons (Fsp3) is 0.722. The zero-order valence-corrected chi connectivity index (χ0v) is 19.4. The van der Waals surface area contributed by atoms with Gasteiger partial charge in [0.1, 0.15) is 12.4 Å². The van der Waals surface area contributed by atoms with Crippen LogP contribution in [0.3, 0.4) is 0 Å². The lowest BCUT2D eigenvalue weighted by Crippen LogP contribution is -2.45. The molecule has 0 saturated heterocycles. The Morgan fingerprint density at radius 1 is 1.31 bits per heavy atom. The van der Waals surface area contributed by atoms with Gasteiger partial charge in [0.2, 0.25) is 5.91 Å². The largest absolute Gasteiger partial charge is 0.357 e. The fourth-order valence-corrected chi connectivity index (χ4v) is 2.62. The Bertz CT molecular complexity index is 554. The van der Waals surface area contributed by atoms with Gasteiger partial charge in [0, 0.05) is 45.6 Å². The molecule has 0 unspecified atom stereocenters. The van der Waals surface area contributed by atoms with Crippen molar-refractivity contribution in [3.05, 3.63) is 18.2 Å². The van der Waals surface area contributed by atoms with Crippen LogP contribution in [0.4, 0.5) is 0 Å². The number of hydrogen-bond donors (Lipinski definition) is 1. The summed E-state index contributed by atoms with van der Waals surface area (Å²) in [6, 6.07) is 0. The van der Waals surface area contributed by atoms with Gasteiger partial charge in [-0.15, -0.1) is 24.0 Å². The van der Waals surface area contributed by atoms with Crippen LogP contribution in [0.2, 0.25) is 0 Å². The van der Waals surface area contributed by atoms with Gasteiger partial charge in [-0.05, 0) is 26.7 Å². The van der Waals surface area contributed by atoms with Gasteiger partial charge in [-0.2, -0.15) is 0 Å². The van der Waals surface area contributed by atoms with Crippen molar-refractivity contribution in [3.8, 4) is 0 Å². The van der Waals surface area contributed by atoms with Gasteiger partial charge >= 0.3 is 0 Å². The molecular formula is C18H35IN6O. The summed E-state index contributed by atoms with van der Waals surface area (Å²) in [5.74, 6) is 2.33. The quantitative estimate of drug-likeness (QED) is 0.337. The van der Waals surface area contributed by atoms with Crippen molar-refractivity contribution in [2.45, 2.75) is 47.7 Å². The molecule has 0 aliphatic carbocycles. The van der Waals surface area contributed by atoms with Crippen molar-refractivity contribution in [2.24, 2.45) is 10.9 Å². The van der Waals surface area contributed by atoms with Crippen molar-refractivity contribution in [2.75, 3.05) is 33.2 Å². The maximum atomic E-state index is 12.3. The van der Waals surface area contributed by atoms with E-state index in [9.17, 15) is 4.79 Å². The molecule has 0 aliphatic rings. The average molecular weight is 478 g/mol. The Balaban J connectivity index is 0.00000625. The molecule has 0 spiro atoms. The van der Waals surface area contributed by atoms with E-state index in [2.05, 4.69) is 33.7 Å². The number of hydrogen-bond acceptors (Lipinski definition) is 3. The highest BCUT2D eigenvalue weighted by Gasteiger charge is 2.15. The Hall–Kier alpha value is -1.32. The number of nitrogens with one attached hydrogen (secondary N) is 1. The summed E-state index contributed by atoms with van der Waals surface area (Å²) in [4.78, 5) is 25.1. The van der Waals surface area contributed by atoms with Crippen LogP contribution in [0.15, 0.2) is 17.4 Å². The predicted molar refractivity (Wildman–Crippen MR) is 118 cm³/mol. The third kappa shape index (κ3) is 7.92. The Kier molecular flexibility index (Phi) is 12.3. The summed E-state index contributed by atoms with van der Waals surface area (Å²) >= 11 is 0. The lowest BCUT2D eigenvalue weighted by Gasteiger charge is -2.25. The van der Waals surface area contributed by atoms with Gasteiger partial charge in [0.25, 0.3) is 0 Å². The number of carbonyl (C=O) groups excluding carboxylic acids is 1. The number of likely N-dealkylation sites (N-methyl/N-ethyl adjacent to an activating group) is 2. The van der Waals surface area contributed by atoms with E-state index in [1.54, 1.807) is 0 Å².